The predicted molar refractivity (Wildman–Crippen MR) is 101 cm³/mol. The number of para-hydroxylation sites is 1. The van der Waals surface area contributed by atoms with Gasteiger partial charge in [-0.2, -0.15) is 0 Å². The van der Waals surface area contributed by atoms with Crippen molar-refractivity contribution < 1.29 is 4.79 Å². The molecule has 0 fully saturated rings. The molecular formula is C20H15N5O. The van der Waals surface area contributed by atoms with Crippen LogP contribution < -0.4 is 10.6 Å². The predicted octanol–water partition coefficient (Wildman–Crippen LogP) is 4.02. The molecule has 126 valence electrons. The Morgan fingerprint density at radius 1 is 0.846 bits per heavy atom. The molecule has 6 nitrogen and oxygen atoms in total. The minimum atomic E-state index is -0.231. The summed E-state index contributed by atoms with van der Waals surface area (Å²) in [5.74, 6) is 0.755. The SMILES string of the molecule is O=C(Nc1ccc2ccccc2n1)c1cccc(Nc2ncccn2)c1. The van der Waals surface area contributed by atoms with E-state index in [1.807, 2.05) is 36.4 Å². The highest BCUT2D eigenvalue weighted by Gasteiger charge is 2.08. The summed E-state index contributed by atoms with van der Waals surface area (Å²) >= 11 is 0. The van der Waals surface area contributed by atoms with E-state index in [9.17, 15) is 4.79 Å². The van der Waals surface area contributed by atoms with Crippen molar-refractivity contribution in [1.82, 2.24) is 15.0 Å². The van der Waals surface area contributed by atoms with Crippen LogP contribution in [0.3, 0.4) is 0 Å². The van der Waals surface area contributed by atoms with Crippen molar-refractivity contribution in [2.75, 3.05) is 10.6 Å². The largest absolute Gasteiger partial charge is 0.324 e. The zero-order valence-corrected chi connectivity index (χ0v) is 13.8. The number of amides is 1. The minimum absolute atomic E-state index is 0.231. The maximum atomic E-state index is 12.5. The lowest BCUT2D eigenvalue weighted by molar-refractivity contribution is 0.102. The molecule has 0 unspecified atom stereocenters. The molecule has 2 aromatic heterocycles. The molecular weight excluding hydrogens is 326 g/mol. The summed E-state index contributed by atoms with van der Waals surface area (Å²) in [6.07, 6.45) is 3.30. The van der Waals surface area contributed by atoms with Crippen LogP contribution in [0.1, 0.15) is 10.4 Å². The second-order valence-electron chi connectivity index (χ2n) is 5.62. The van der Waals surface area contributed by atoms with E-state index in [-0.39, 0.29) is 5.91 Å². The standard InChI is InChI=1S/C20H15N5O/c26-19(25-18-10-9-14-5-1-2-8-17(14)24-18)15-6-3-7-16(13-15)23-20-21-11-4-12-22-20/h1-13H,(H,21,22,23)(H,24,25,26). The number of aromatic nitrogens is 3. The molecule has 0 saturated heterocycles. The molecule has 0 aliphatic carbocycles. The molecule has 2 N–H and O–H groups in total. The number of rotatable bonds is 4. The second kappa shape index (κ2) is 6.98. The van der Waals surface area contributed by atoms with Crippen molar-refractivity contribution in [2.24, 2.45) is 0 Å². The van der Waals surface area contributed by atoms with Crippen LogP contribution in [0.5, 0.6) is 0 Å². The van der Waals surface area contributed by atoms with Crippen molar-refractivity contribution in [3.63, 3.8) is 0 Å². The number of carbonyl (C=O) groups excluding carboxylic acids is 1. The highest BCUT2D eigenvalue weighted by atomic mass is 16.1. The van der Waals surface area contributed by atoms with Gasteiger partial charge in [0.2, 0.25) is 5.95 Å². The van der Waals surface area contributed by atoms with Crippen LogP contribution in [0.2, 0.25) is 0 Å². The average molecular weight is 341 g/mol. The zero-order valence-electron chi connectivity index (χ0n) is 13.8. The Kier molecular flexibility index (Phi) is 4.22. The summed E-state index contributed by atoms with van der Waals surface area (Å²) in [7, 11) is 0. The van der Waals surface area contributed by atoms with Crippen LogP contribution in [-0.2, 0) is 0 Å². The molecule has 2 aromatic carbocycles. The van der Waals surface area contributed by atoms with Crippen molar-refractivity contribution in [1.29, 1.82) is 0 Å². The van der Waals surface area contributed by atoms with Crippen LogP contribution in [-0.4, -0.2) is 20.9 Å². The Morgan fingerprint density at radius 2 is 1.69 bits per heavy atom. The van der Waals surface area contributed by atoms with E-state index in [1.165, 1.54) is 0 Å². The fourth-order valence-electron chi connectivity index (χ4n) is 2.56. The van der Waals surface area contributed by atoms with Crippen LogP contribution in [0, 0.1) is 0 Å². The molecule has 4 aromatic rings. The van der Waals surface area contributed by atoms with E-state index < -0.39 is 0 Å². The molecule has 0 aliphatic rings. The number of fused-ring (bicyclic) bond motifs is 1. The third-order valence-corrected chi connectivity index (χ3v) is 3.79. The first kappa shape index (κ1) is 15.7. The van der Waals surface area contributed by atoms with Gasteiger partial charge in [0.15, 0.2) is 0 Å². The molecule has 2 heterocycles. The van der Waals surface area contributed by atoms with Gasteiger partial charge in [-0.15, -0.1) is 0 Å². The van der Waals surface area contributed by atoms with Crippen molar-refractivity contribution >= 4 is 34.3 Å². The topological polar surface area (TPSA) is 79.8 Å². The quantitative estimate of drug-likeness (QED) is 0.586. The number of pyridine rings is 1. The van der Waals surface area contributed by atoms with E-state index >= 15 is 0 Å². The fraction of sp³-hybridized carbons (Fsp3) is 0. The summed E-state index contributed by atoms with van der Waals surface area (Å²) in [4.78, 5) is 25.2. The van der Waals surface area contributed by atoms with E-state index in [1.54, 1.807) is 42.7 Å². The molecule has 0 saturated carbocycles. The van der Waals surface area contributed by atoms with E-state index in [0.29, 0.717) is 17.3 Å². The van der Waals surface area contributed by atoms with Gasteiger partial charge >= 0.3 is 0 Å². The summed E-state index contributed by atoms with van der Waals surface area (Å²) < 4.78 is 0. The number of anilines is 3. The lowest BCUT2D eigenvalue weighted by Gasteiger charge is -2.08. The van der Waals surface area contributed by atoms with E-state index in [4.69, 9.17) is 0 Å². The maximum Gasteiger partial charge on any atom is 0.256 e. The average Bonchev–Trinajstić information content (AvgIpc) is 2.69. The van der Waals surface area contributed by atoms with Crippen LogP contribution in [0.4, 0.5) is 17.5 Å². The van der Waals surface area contributed by atoms with Gasteiger partial charge in [0.05, 0.1) is 5.52 Å². The first-order valence-corrected chi connectivity index (χ1v) is 8.09. The maximum absolute atomic E-state index is 12.5. The Morgan fingerprint density at radius 3 is 2.58 bits per heavy atom. The van der Waals surface area contributed by atoms with E-state index in [0.717, 1.165) is 16.6 Å². The van der Waals surface area contributed by atoms with Gasteiger partial charge in [-0.05, 0) is 42.5 Å². The number of hydrogen-bond acceptors (Lipinski definition) is 5. The third kappa shape index (κ3) is 3.49. The third-order valence-electron chi connectivity index (χ3n) is 3.79. The van der Waals surface area contributed by atoms with Crippen LogP contribution in [0.15, 0.2) is 79.1 Å². The number of benzene rings is 2. The number of nitrogens with zero attached hydrogens (tertiary/aromatic N) is 3. The van der Waals surface area contributed by atoms with Crippen molar-refractivity contribution in [3.05, 3.63) is 84.7 Å². The molecule has 0 aliphatic heterocycles. The molecule has 4 rings (SSSR count). The van der Waals surface area contributed by atoms with Crippen molar-refractivity contribution in [2.45, 2.75) is 0 Å². The highest BCUT2D eigenvalue weighted by molar-refractivity contribution is 6.04. The first-order chi connectivity index (χ1) is 12.8. The van der Waals surface area contributed by atoms with Crippen LogP contribution >= 0.6 is 0 Å². The van der Waals surface area contributed by atoms with Crippen molar-refractivity contribution in [3.8, 4) is 0 Å². The molecule has 26 heavy (non-hydrogen) atoms. The Balaban J connectivity index is 1.53. The molecule has 0 radical (unpaired) electrons. The van der Waals surface area contributed by atoms with Gasteiger partial charge in [0.1, 0.15) is 5.82 Å². The normalized spacial score (nSPS) is 10.5. The summed E-state index contributed by atoms with van der Waals surface area (Å²) in [5, 5.41) is 6.93. The number of carbonyl (C=O) groups is 1. The van der Waals surface area contributed by atoms with Gasteiger partial charge < -0.3 is 10.6 Å². The molecule has 0 bridgehead atoms. The Bertz CT molecular complexity index is 1070. The molecule has 1 amide bonds. The minimum Gasteiger partial charge on any atom is -0.324 e. The molecule has 0 atom stereocenters. The Hall–Kier alpha value is -3.80. The van der Waals surface area contributed by atoms with Gasteiger partial charge in [0, 0.05) is 29.0 Å². The van der Waals surface area contributed by atoms with Crippen LogP contribution in [0.25, 0.3) is 10.9 Å². The fourth-order valence-corrected chi connectivity index (χ4v) is 2.56. The monoisotopic (exact) mass is 341 g/mol. The summed E-state index contributed by atoms with van der Waals surface area (Å²) in [5.41, 5.74) is 2.08. The smallest absolute Gasteiger partial charge is 0.256 e. The van der Waals surface area contributed by atoms with Gasteiger partial charge in [-0.3, -0.25) is 4.79 Å². The molecule has 0 spiro atoms. The lowest BCUT2D eigenvalue weighted by Crippen LogP contribution is -2.13. The Labute approximate surface area is 150 Å². The number of nitrogens with one attached hydrogen (secondary N) is 2. The second-order valence-corrected chi connectivity index (χ2v) is 5.62. The van der Waals surface area contributed by atoms with Gasteiger partial charge in [-0.25, -0.2) is 15.0 Å². The molecule has 6 heteroatoms. The lowest BCUT2D eigenvalue weighted by atomic mass is 10.2. The van der Waals surface area contributed by atoms with E-state index in [2.05, 4.69) is 25.6 Å². The first-order valence-electron chi connectivity index (χ1n) is 8.09. The number of hydrogen-bond donors (Lipinski definition) is 2. The van der Waals surface area contributed by atoms with Gasteiger partial charge in [0.25, 0.3) is 5.91 Å². The zero-order chi connectivity index (χ0) is 17.8. The highest BCUT2D eigenvalue weighted by Crippen LogP contribution is 2.17. The summed E-state index contributed by atoms with van der Waals surface area (Å²) in [6, 6.07) is 20.4. The summed E-state index contributed by atoms with van der Waals surface area (Å²) in [6.45, 7) is 0. The van der Waals surface area contributed by atoms with Gasteiger partial charge in [-0.1, -0.05) is 24.3 Å².